The van der Waals surface area contributed by atoms with Crippen LogP contribution in [0.4, 0.5) is 8.78 Å². The molecule has 0 saturated carbocycles. The Bertz CT molecular complexity index is 532. The first-order chi connectivity index (χ1) is 9.08. The van der Waals surface area contributed by atoms with Crippen molar-refractivity contribution >= 4 is 11.3 Å². The standard InChI is InChI=1S/C14H16F2N2S/c1-9(2)6-17-7-10-8-18-14(19-10)13-11(15)4-3-5-12(13)16/h3-5,8-9,17H,6-7H2,1-2H3. The number of halogens is 2. The van der Waals surface area contributed by atoms with Crippen molar-refractivity contribution < 1.29 is 8.78 Å². The van der Waals surface area contributed by atoms with Crippen LogP contribution in [0.25, 0.3) is 10.6 Å². The van der Waals surface area contributed by atoms with E-state index < -0.39 is 11.6 Å². The Kier molecular flexibility index (Phi) is 4.61. The predicted molar refractivity (Wildman–Crippen MR) is 74.0 cm³/mol. The Morgan fingerprint density at radius 1 is 1.26 bits per heavy atom. The Labute approximate surface area is 115 Å². The fourth-order valence-corrected chi connectivity index (χ4v) is 2.62. The van der Waals surface area contributed by atoms with Gasteiger partial charge in [0.2, 0.25) is 0 Å². The molecule has 0 saturated heterocycles. The van der Waals surface area contributed by atoms with Gasteiger partial charge in [-0.15, -0.1) is 11.3 Å². The molecular formula is C14H16F2N2S. The summed E-state index contributed by atoms with van der Waals surface area (Å²) in [6.45, 7) is 5.83. The molecular weight excluding hydrogens is 266 g/mol. The molecule has 1 N–H and O–H groups in total. The third-order valence-electron chi connectivity index (χ3n) is 2.58. The van der Waals surface area contributed by atoms with Gasteiger partial charge in [0.1, 0.15) is 16.6 Å². The fourth-order valence-electron chi connectivity index (χ4n) is 1.69. The molecule has 1 aromatic heterocycles. The zero-order valence-electron chi connectivity index (χ0n) is 10.9. The van der Waals surface area contributed by atoms with Gasteiger partial charge in [0.25, 0.3) is 0 Å². The van der Waals surface area contributed by atoms with E-state index in [1.807, 2.05) is 0 Å². The van der Waals surface area contributed by atoms with Gasteiger partial charge in [0.15, 0.2) is 0 Å². The van der Waals surface area contributed by atoms with Crippen LogP contribution in [-0.4, -0.2) is 11.5 Å². The number of nitrogens with one attached hydrogen (secondary N) is 1. The van der Waals surface area contributed by atoms with Crippen LogP contribution in [0.3, 0.4) is 0 Å². The Morgan fingerprint density at radius 3 is 2.58 bits per heavy atom. The highest BCUT2D eigenvalue weighted by atomic mass is 32.1. The van der Waals surface area contributed by atoms with Gasteiger partial charge < -0.3 is 5.32 Å². The van der Waals surface area contributed by atoms with E-state index in [9.17, 15) is 8.78 Å². The molecule has 1 heterocycles. The van der Waals surface area contributed by atoms with Gasteiger partial charge in [-0.3, -0.25) is 0 Å². The quantitative estimate of drug-likeness (QED) is 0.901. The van der Waals surface area contributed by atoms with Crippen LogP contribution in [-0.2, 0) is 6.54 Å². The van der Waals surface area contributed by atoms with Gasteiger partial charge in [0, 0.05) is 17.6 Å². The monoisotopic (exact) mass is 282 g/mol. The third-order valence-corrected chi connectivity index (χ3v) is 3.60. The van der Waals surface area contributed by atoms with E-state index in [2.05, 4.69) is 24.1 Å². The van der Waals surface area contributed by atoms with Crippen LogP contribution < -0.4 is 5.32 Å². The number of benzene rings is 1. The molecule has 5 heteroatoms. The van der Waals surface area contributed by atoms with Gasteiger partial charge in [-0.1, -0.05) is 19.9 Å². The molecule has 102 valence electrons. The van der Waals surface area contributed by atoms with Gasteiger partial charge in [-0.05, 0) is 24.6 Å². The summed E-state index contributed by atoms with van der Waals surface area (Å²) in [6.07, 6.45) is 1.67. The summed E-state index contributed by atoms with van der Waals surface area (Å²) in [5.41, 5.74) is -0.0393. The minimum atomic E-state index is -0.573. The zero-order chi connectivity index (χ0) is 13.8. The second-order valence-electron chi connectivity index (χ2n) is 4.75. The molecule has 0 spiro atoms. The van der Waals surface area contributed by atoms with Crippen LogP contribution in [0.2, 0.25) is 0 Å². The topological polar surface area (TPSA) is 24.9 Å². The lowest BCUT2D eigenvalue weighted by molar-refractivity contribution is 0.554. The lowest BCUT2D eigenvalue weighted by atomic mass is 10.2. The van der Waals surface area contributed by atoms with E-state index in [1.54, 1.807) is 6.20 Å². The molecule has 0 radical (unpaired) electrons. The van der Waals surface area contributed by atoms with Crippen LogP contribution >= 0.6 is 11.3 Å². The maximum atomic E-state index is 13.6. The Morgan fingerprint density at radius 2 is 1.95 bits per heavy atom. The first-order valence-corrected chi connectivity index (χ1v) is 6.99. The average Bonchev–Trinajstić information content (AvgIpc) is 2.77. The van der Waals surface area contributed by atoms with Crippen molar-refractivity contribution in [3.8, 4) is 10.6 Å². The van der Waals surface area contributed by atoms with Crippen molar-refractivity contribution in [2.24, 2.45) is 5.92 Å². The van der Waals surface area contributed by atoms with E-state index in [-0.39, 0.29) is 5.56 Å². The van der Waals surface area contributed by atoms with Crippen molar-refractivity contribution in [2.75, 3.05) is 6.54 Å². The van der Waals surface area contributed by atoms with E-state index >= 15 is 0 Å². The largest absolute Gasteiger partial charge is 0.312 e. The van der Waals surface area contributed by atoms with Crippen molar-refractivity contribution in [1.82, 2.24) is 10.3 Å². The van der Waals surface area contributed by atoms with Crippen LogP contribution in [0.1, 0.15) is 18.7 Å². The first-order valence-electron chi connectivity index (χ1n) is 6.17. The van der Waals surface area contributed by atoms with Gasteiger partial charge in [0.05, 0.1) is 5.56 Å². The molecule has 0 aliphatic carbocycles. The lowest BCUT2D eigenvalue weighted by Gasteiger charge is -2.04. The molecule has 2 nitrogen and oxygen atoms in total. The molecule has 0 fully saturated rings. The smallest absolute Gasteiger partial charge is 0.136 e. The highest BCUT2D eigenvalue weighted by Crippen LogP contribution is 2.29. The lowest BCUT2D eigenvalue weighted by Crippen LogP contribution is -2.18. The molecule has 1 aromatic carbocycles. The number of thiazole rings is 1. The zero-order valence-corrected chi connectivity index (χ0v) is 11.7. The minimum absolute atomic E-state index is 0.0393. The average molecular weight is 282 g/mol. The van der Waals surface area contributed by atoms with Crippen LogP contribution in [0.5, 0.6) is 0 Å². The Hall–Kier alpha value is -1.33. The molecule has 0 aliphatic rings. The highest BCUT2D eigenvalue weighted by Gasteiger charge is 2.14. The molecule has 0 amide bonds. The normalized spacial score (nSPS) is 11.2. The van der Waals surface area contributed by atoms with Gasteiger partial charge >= 0.3 is 0 Å². The molecule has 19 heavy (non-hydrogen) atoms. The molecule has 0 atom stereocenters. The van der Waals surface area contributed by atoms with Crippen molar-refractivity contribution in [3.05, 3.63) is 40.9 Å². The maximum absolute atomic E-state index is 13.6. The van der Waals surface area contributed by atoms with E-state index in [1.165, 1.54) is 29.5 Å². The van der Waals surface area contributed by atoms with Crippen molar-refractivity contribution in [1.29, 1.82) is 0 Å². The summed E-state index contributed by atoms with van der Waals surface area (Å²) < 4.78 is 27.2. The number of rotatable bonds is 5. The van der Waals surface area contributed by atoms with E-state index in [0.717, 1.165) is 11.4 Å². The SMILES string of the molecule is CC(C)CNCc1cnc(-c2c(F)cccc2F)s1. The Balaban J connectivity index is 2.12. The number of hydrogen-bond acceptors (Lipinski definition) is 3. The maximum Gasteiger partial charge on any atom is 0.136 e. The minimum Gasteiger partial charge on any atom is -0.312 e. The van der Waals surface area contributed by atoms with Crippen molar-refractivity contribution in [2.45, 2.75) is 20.4 Å². The van der Waals surface area contributed by atoms with E-state index in [0.29, 0.717) is 17.5 Å². The van der Waals surface area contributed by atoms with Crippen LogP contribution in [0, 0.1) is 17.6 Å². The fraction of sp³-hybridized carbons (Fsp3) is 0.357. The second-order valence-corrected chi connectivity index (χ2v) is 5.87. The van der Waals surface area contributed by atoms with E-state index in [4.69, 9.17) is 0 Å². The van der Waals surface area contributed by atoms with Crippen molar-refractivity contribution in [3.63, 3.8) is 0 Å². The number of nitrogens with zero attached hydrogens (tertiary/aromatic N) is 1. The summed E-state index contributed by atoms with van der Waals surface area (Å²) in [7, 11) is 0. The summed E-state index contributed by atoms with van der Waals surface area (Å²) >= 11 is 1.31. The highest BCUT2D eigenvalue weighted by molar-refractivity contribution is 7.15. The molecule has 2 rings (SSSR count). The summed E-state index contributed by atoms with van der Waals surface area (Å²) in [6, 6.07) is 3.85. The van der Waals surface area contributed by atoms with Gasteiger partial charge in [-0.2, -0.15) is 0 Å². The predicted octanol–water partition coefficient (Wildman–Crippen LogP) is 3.83. The van der Waals surface area contributed by atoms with Gasteiger partial charge in [-0.25, -0.2) is 13.8 Å². The molecule has 0 aliphatic heterocycles. The summed E-state index contributed by atoms with van der Waals surface area (Å²) in [5, 5.41) is 3.66. The first kappa shape index (κ1) is 14.1. The molecule has 2 aromatic rings. The summed E-state index contributed by atoms with van der Waals surface area (Å²) in [5.74, 6) is -0.580. The number of aromatic nitrogens is 1. The molecule has 0 bridgehead atoms. The summed E-state index contributed by atoms with van der Waals surface area (Å²) in [4.78, 5) is 5.08. The molecule has 0 unspecified atom stereocenters. The van der Waals surface area contributed by atoms with Crippen LogP contribution in [0.15, 0.2) is 24.4 Å². The third kappa shape index (κ3) is 3.58. The number of hydrogen-bond donors (Lipinski definition) is 1. The second kappa shape index (κ2) is 6.21.